The number of hydrogen-bond donors (Lipinski definition) is 3. The molecule has 2 rings (SSSR count). The number of thioether (sulfide) groups is 1. The molecule has 0 fully saturated rings. The first-order valence-corrected chi connectivity index (χ1v) is 10.2. The number of hydrogen-bond acceptors (Lipinski definition) is 4. The van der Waals surface area contributed by atoms with E-state index in [9.17, 15) is 27.9 Å². The molecule has 2 aromatic rings. The first kappa shape index (κ1) is 24.5. The van der Waals surface area contributed by atoms with Gasteiger partial charge in [0.15, 0.2) is 5.69 Å². The van der Waals surface area contributed by atoms with Crippen LogP contribution < -0.4 is 10.6 Å². The monoisotopic (exact) mass is 471 g/mol. The van der Waals surface area contributed by atoms with Crippen LogP contribution in [-0.4, -0.2) is 34.2 Å². The summed E-state index contributed by atoms with van der Waals surface area (Å²) < 4.78 is 39.2. The van der Waals surface area contributed by atoms with Crippen LogP contribution in [0.5, 0.6) is 0 Å². The van der Waals surface area contributed by atoms with Crippen molar-refractivity contribution in [3.8, 4) is 0 Å². The summed E-state index contributed by atoms with van der Waals surface area (Å²) in [5, 5.41) is 15.3. The molecule has 0 bridgehead atoms. The largest absolute Gasteiger partial charge is 0.407 e. The van der Waals surface area contributed by atoms with E-state index in [1.807, 2.05) is 0 Å². The maximum Gasteiger partial charge on any atom is 0.407 e. The summed E-state index contributed by atoms with van der Waals surface area (Å²) in [5.74, 6) is -1.52. The predicted molar refractivity (Wildman–Crippen MR) is 113 cm³/mol. The summed E-state index contributed by atoms with van der Waals surface area (Å²) >= 11 is 6.56. The fourth-order valence-corrected chi connectivity index (χ4v) is 3.30. The van der Waals surface area contributed by atoms with Crippen molar-refractivity contribution in [1.82, 2.24) is 0 Å². The molecule has 0 radical (unpaired) electrons. The molecule has 2 amide bonds. The number of benzene rings is 2. The minimum absolute atomic E-state index is 0.0848. The van der Waals surface area contributed by atoms with Crippen LogP contribution in [0.25, 0.3) is 4.85 Å². The number of halogens is 4. The highest BCUT2D eigenvalue weighted by molar-refractivity contribution is 7.99. The maximum absolute atomic E-state index is 13.1. The van der Waals surface area contributed by atoms with Crippen LogP contribution in [0, 0.1) is 6.57 Å². The van der Waals surface area contributed by atoms with E-state index >= 15 is 0 Å². The van der Waals surface area contributed by atoms with Crippen LogP contribution >= 0.6 is 23.4 Å². The second-order valence-electron chi connectivity index (χ2n) is 6.56. The van der Waals surface area contributed by atoms with Crippen LogP contribution in [0.15, 0.2) is 47.4 Å². The molecular weight excluding hydrogens is 455 g/mol. The van der Waals surface area contributed by atoms with Crippen molar-refractivity contribution in [2.75, 3.05) is 22.3 Å². The number of carbonyl (C=O) groups excluding carboxylic acids is 2. The standard InChI is InChI=1S/C20H17ClF3N3O3S/c1-19(30,11-31-14-6-3-12(4-7-14)26-17(28)10-21)18(29)27-13-5-8-16(25-2)15(9-13)20(22,23)24/h3-9,30H,10-11H2,1H3,(H,26,28)(H,27,29)/t19-/m0/s1. The molecule has 3 N–H and O–H groups in total. The number of nitrogens with one attached hydrogen (secondary N) is 2. The zero-order chi connectivity index (χ0) is 23.2. The minimum Gasteiger partial charge on any atom is -0.379 e. The van der Waals surface area contributed by atoms with Gasteiger partial charge in [0.1, 0.15) is 11.5 Å². The minimum atomic E-state index is -4.76. The zero-order valence-electron chi connectivity index (χ0n) is 16.1. The first-order chi connectivity index (χ1) is 14.5. The molecule has 1 atom stereocenters. The highest BCUT2D eigenvalue weighted by Gasteiger charge is 2.35. The Morgan fingerprint density at radius 2 is 1.74 bits per heavy atom. The Balaban J connectivity index is 2.03. The highest BCUT2D eigenvalue weighted by atomic mass is 35.5. The van der Waals surface area contributed by atoms with Crippen molar-refractivity contribution in [3.05, 3.63) is 59.4 Å². The Labute approximate surface area is 185 Å². The zero-order valence-corrected chi connectivity index (χ0v) is 17.7. The summed E-state index contributed by atoms with van der Waals surface area (Å²) in [4.78, 5) is 27.2. The third kappa shape index (κ3) is 6.89. The van der Waals surface area contributed by atoms with Crippen LogP contribution in [-0.2, 0) is 15.8 Å². The van der Waals surface area contributed by atoms with Crippen LogP contribution in [0.4, 0.5) is 30.2 Å². The highest BCUT2D eigenvalue weighted by Crippen LogP contribution is 2.38. The van der Waals surface area contributed by atoms with E-state index in [2.05, 4.69) is 15.5 Å². The Morgan fingerprint density at radius 3 is 2.29 bits per heavy atom. The molecular formula is C20H17ClF3N3O3S. The van der Waals surface area contributed by atoms with Gasteiger partial charge in [-0.3, -0.25) is 9.59 Å². The lowest BCUT2D eigenvalue weighted by atomic mass is 10.1. The molecule has 0 aliphatic rings. The molecule has 11 heteroatoms. The number of amides is 2. The van der Waals surface area contributed by atoms with E-state index in [0.717, 1.165) is 23.9 Å². The van der Waals surface area contributed by atoms with Gasteiger partial charge in [0.2, 0.25) is 5.91 Å². The molecule has 0 saturated heterocycles. The topological polar surface area (TPSA) is 82.8 Å². The lowest BCUT2D eigenvalue weighted by Gasteiger charge is -2.22. The number of rotatable bonds is 7. The number of carbonyl (C=O) groups is 2. The lowest BCUT2D eigenvalue weighted by molar-refractivity contribution is -0.137. The number of aliphatic hydroxyl groups is 1. The van der Waals surface area contributed by atoms with Gasteiger partial charge in [0.05, 0.1) is 12.1 Å². The summed E-state index contributed by atoms with van der Waals surface area (Å²) in [5.41, 5.74) is -3.31. The second-order valence-corrected chi connectivity index (χ2v) is 7.88. The van der Waals surface area contributed by atoms with Gasteiger partial charge in [0.25, 0.3) is 5.91 Å². The maximum atomic E-state index is 13.1. The van der Waals surface area contributed by atoms with E-state index in [0.29, 0.717) is 16.6 Å². The van der Waals surface area contributed by atoms with Gasteiger partial charge in [-0.2, -0.15) is 13.2 Å². The van der Waals surface area contributed by atoms with E-state index in [4.69, 9.17) is 18.2 Å². The number of nitrogens with zero attached hydrogens (tertiary/aromatic N) is 1. The fourth-order valence-electron chi connectivity index (χ4n) is 2.32. The number of alkyl halides is 4. The molecule has 0 unspecified atom stereocenters. The van der Waals surface area contributed by atoms with Gasteiger partial charge in [0, 0.05) is 22.0 Å². The van der Waals surface area contributed by atoms with E-state index in [-0.39, 0.29) is 23.2 Å². The average molecular weight is 472 g/mol. The second kappa shape index (κ2) is 10.0. The predicted octanol–water partition coefficient (Wildman–Crippen LogP) is 4.92. The Kier molecular flexibility index (Phi) is 7.95. The molecule has 6 nitrogen and oxygen atoms in total. The molecule has 31 heavy (non-hydrogen) atoms. The summed E-state index contributed by atoms with van der Waals surface area (Å²) in [7, 11) is 0. The quantitative estimate of drug-likeness (QED) is 0.304. The molecule has 0 heterocycles. The van der Waals surface area contributed by atoms with Gasteiger partial charge in [-0.25, -0.2) is 4.85 Å². The third-order valence-corrected chi connectivity index (χ3v) is 5.50. The summed E-state index contributed by atoms with van der Waals surface area (Å²) in [6.07, 6.45) is -4.76. The Hall–Kier alpha value is -2.74. The van der Waals surface area contributed by atoms with Crippen molar-refractivity contribution >= 4 is 52.2 Å². The molecule has 0 spiro atoms. The first-order valence-electron chi connectivity index (χ1n) is 8.67. The van der Waals surface area contributed by atoms with E-state index in [1.165, 1.54) is 6.92 Å². The Morgan fingerprint density at radius 1 is 1.13 bits per heavy atom. The number of anilines is 2. The molecule has 164 valence electrons. The van der Waals surface area contributed by atoms with Crippen molar-refractivity contribution < 1.29 is 27.9 Å². The average Bonchev–Trinajstić information content (AvgIpc) is 2.72. The van der Waals surface area contributed by atoms with E-state index < -0.39 is 28.9 Å². The smallest absolute Gasteiger partial charge is 0.379 e. The normalized spacial score (nSPS) is 13.1. The van der Waals surface area contributed by atoms with Crippen LogP contribution in [0.2, 0.25) is 0 Å². The fraction of sp³-hybridized carbons (Fsp3) is 0.250. The molecule has 0 aliphatic carbocycles. The van der Waals surface area contributed by atoms with Gasteiger partial charge in [-0.05, 0) is 43.3 Å². The van der Waals surface area contributed by atoms with Crippen molar-refractivity contribution in [1.29, 1.82) is 0 Å². The molecule has 0 aromatic heterocycles. The van der Waals surface area contributed by atoms with E-state index in [1.54, 1.807) is 24.3 Å². The van der Waals surface area contributed by atoms with Crippen molar-refractivity contribution in [2.45, 2.75) is 23.6 Å². The lowest BCUT2D eigenvalue weighted by Crippen LogP contribution is -2.42. The molecule has 2 aromatic carbocycles. The summed E-state index contributed by atoms with van der Waals surface area (Å²) in [6.45, 7) is 8.08. The third-order valence-electron chi connectivity index (χ3n) is 3.95. The van der Waals surface area contributed by atoms with Gasteiger partial charge < -0.3 is 15.7 Å². The molecule has 0 saturated carbocycles. The van der Waals surface area contributed by atoms with Gasteiger partial charge >= 0.3 is 6.18 Å². The van der Waals surface area contributed by atoms with Crippen LogP contribution in [0.3, 0.4) is 0 Å². The van der Waals surface area contributed by atoms with Gasteiger partial charge in [-0.15, -0.1) is 23.4 Å². The van der Waals surface area contributed by atoms with Crippen molar-refractivity contribution in [2.24, 2.45) is 0 Å². The van der Waals surface area contributed by atoms with Gasteiger partial charge in [-0.1, -0.05) is 6.07 Å². The SMILES string of the molecule is [C-]#[N+]c1ccc(NC(=O)[C@@](C)(O)CSc2ccc(NC(=O)CCl)cc2)cc1C(F)(F)F. The Bertz CT molecular complexity index is 1010. The summed E-state index contributed by atoms with van der Waals surface area (Å²) in [6, 6.07) is 9.36. The van der Waals surface area contributed by atoms with Crippen LogP contribution in [0.1, 0.15) is 12.5 Å². The van der Waals surface area contributed by atoms with Crippen molar-refractivity contribution in [3.63, 3.8) is 0 Å². The molecule has 0 aliphatic heterocycles.